The molecule has 0 radical (unpaired) electrons. The minimum Gasteiger partial charge on any atom is -0.493 e. The number of benzene rings is 1. The maximum atomic E-state index is 6.01. The zero-order chi connectivity index (χ0) is 14.3. The Morgan fingerprint density at radius 2 is 1.68 bits per heavy atom. The molecule has 1 fully saturated rings. The molecule has 1 heterocycles. The smallest absolute Gasteiger partial charge is 0.126 e. The highest BCUT2D eigenvalue weighted by Gasteiger charge is 2.48. The van der Waals surface area contributed by atoms with Gasteiger partial charge in [-0.1, -0.05) is 52.3 Å². The molecule has 0 atom stereocenters. The molecule has 0 saturated heterocycles. The first kappa shape index (κ1) is 14.4. The lowest BCUT2D eigenvalue weighted by Gasteiger charge is -2.32. The maximum Gasteiger partial charge on any atom is 0.126 e. The van der Waals surface area contributed by atoms with Gasteiger partial charge in [0.2, 0.25) is 0 Å². The van der Waals surface area contributed by atoms with Crippen LogP contribution in [0.3, 0.4) is 0 Å². The van der Waals surface area contributed by atoms with E-state index in [9.17, 15) is 0 Å². The molecule has 0 unspecified atom stereocenters. The van der Waals surface area contributed by atoms with Gasteiger partial charge in [0.1, 0.15) is 5.75 Å². The van der Waals surface area contributed by atoms with Crippen LogP contribution < -0.4 is 4.74 Å². The van der Waals surface area contributed by atoms with Crippen molar-refractivity contribution in [1.82, 2.24) is 0 Å². The third-order valence-corrected chi connectivity index (χ3v) is 4.29. The minimum absolute atomic E-state index is 0.170. The molecule has 1 saturated carbocycles. The molecule has 1 nitrogen and oxygen atoms in total. The van der Waals surface area contributed by atoms with Crippen molar-refractivity contribution in [3.05, 3.63) is 28.8 Å². The van der Waals surface area contributed by atoms with Crippen LogP contribution in [0.4, 0.5) is 0 Å². The summed E-state index contributed by atoms with van der Waals surface area (Å²) in [4.78, 5) is 0. The third kappa shape index (κ3) is 2.52. The predicted octanol–water partition coefficient (Wildman–Crippen LogP) is 5.13. The second-order valence-corrected chi connectivity index (χ2v) is 6.82. The number of rotatable bonds is 0. The van der Waals surface area contributed by atoms with Crippen molar-refractivity contribution >= 4 is 0 Å². The molecule has 1 aromatic carbocycles. The summed E-state index contributed by atoms with van der Waals surface area (Å²) in [6, 6.07) is 4.66. The molecule has 0 aromatic heterocycles. The van der Waals surface area contributed by atoms with Crippen molar-refractivity contribution in [1.29, 1.82) is 0 Å². The van der Waals surface area contributed by atoms with E-state index in [-0.39, 0.29) is 5.41 Å². The minimum atomic E-state index is 0.170. The van der Waals surface area contributed by atoms with E-state index in [1.807, 2.05) is 13.8 Å². The summed E-state index contributed by atoms with van der Waals surface area (Å²) in [5, 5.41) is 0. The topological polar surface area (TPSA) is 9.23 Å². The molecule has 1 aliphatic carbocycles. The van der Waals surface area contributed by atoms with E-state index in [2.05, 4.69) is 39.8 Å². The summed E-state index contributed by atoms with van der Waals surface area (Å²) in [5.41, 5.74) is 4.92. The number of ether oxygens (including phenoxy) is 1. The summed E-state index contributed by atoms with van der Waals surface area (Å²) in [7, 11) is 0. The summed E-state index contributed by atoms with van der Waals surface area (Å²) < 4.78 is 6.01. The maximum absolute atomic E-state index is 6.01. The molecular formula is C18H28O. The fourth-order valence-electron chi connectivity index (χ4n) is 3.03. The number of aryl methyl sites for hydroxylation is 1. The second kappa shape index (κ2) is 4.85. The van der Waals surface area contributed by atoms with Crippen molar-refractivity contribution in [3.8, 4) is 5.75 Å². The van der Waals surface area contributed by atoms with E-state index in [1.54, 1.807) is 0 Å². The van der Waals surface area contributed by atoms with Crippen LogP contribution >= 0.6 is 0 Å². The monoisotopic (exact) mass is 260 g/mol. The average Bonchev–Trinajstić information content (AvgIpc) is 3.12. The first-order chi connectivity index (χ1) is 8.92. The molecular weight excluding hydrogens is 232 g/mol. The van der Waals surface area contributed by atoms with E-state index in [0.717, 1.165) is 6.61 Å². The van der Waals surface area contributed by atoms with Gasteiger partial charge < -0.3 is 4.74 Å². The Balaban J connectivity index is 0.000000637. The molecule has 0 N–H and O–H groups in total. The van der Waals surface area contributed by atoms with Gasteiger partial charge in [0, 0.05) is 16.5 Å². The highest BCUT2D eigenvalue weighted by molar-refractivity contribution is 5.54. The van der Waals surface area contributed by atoms with Crippen LogP contribution in [0.5, 0.6) is 5.75 Å². The van der Waals surface area contributed by atoms with E-state index in [0.29, 0.717) is 5.41 Å². The Morgan fingerprint density at radius 3 is 2.21 bits per heavy atom. The second-order valence-electron chi connectivity index (χ2n) is 6.82. The van der Waals surface area contributed by atoms with Crippen molar-refractivity contribution in [2.24, 2.45) is 0 Å². The normalized spacial score (nSPS) is 19.1. The lowest BCUT2D eigenvalue weighted by molar-refractivity contribution is 0.253. The van der Waals surface area contributed by atoms with Gasteiger partial charge in [0.15, 0.2) is 0 Å². The zero-order valence-electron chi connectivity index (χ0n) is 13.4. The number of hydrogen-bond acceptors (Lipinski definition) is 1. The third-order valence-electron chi connectivity index (χ3n) is 4.29. The Morgan fingerprint density at radius 1 is 1.05 bits per heavy atom. The van der Waals surface area contributed by atoms with Crippen LogP contribution in [0, 0.1) is 6.92 Å². The van der Waals surface area contributed by atoms with Gasteiger partial charge in [-0.3, -0.25) is 0 Å². The first-order valence-corrected chi connectivity index (χ1v) is 7.71. The van der Waals surface area contributed by atoms with Gasteiger partial charge in [-0.05, 0) is 31.6 Å². The van der Waals surface area contributed by atoms with Crippen LogP contribution in [-0.2, 0) is 10.8 Å². The Labute approximate surface area is 118 Å². The van der Waals surface area contributed by atoms with Gasteiger partial charge in [-0.25, -0.2) is 0 Å². The Bertz CT molecular complexity index is 444. The Kier molecular flexibility index (Phi) is 3.68. The molecule has 2 aliphatic rings. The van der Waals surface area contributed by atoms with Crippen LogP contribution in [0.15, 0.2) is 12.1 Å². The molecule has 19 heavy (non-hydrogen) atoms. The first-order valence-electron chi connectivity index (χ1n) is 7.71. The summed E-state index contributed by atoms with van der Waals surface area (Å²) in [6.07, 6.45) is 3.93. The van der Waals surface area contributed by atoms with E-state index in [1.165, 1.54) is 41.7 Å². The SMILES string of the molecule is CC.Cc1cc(C(C)(C)C)c2c(c1)C1(CCO2)CC1. The highest BCUT2D eigenvalue weighted by atomic mass is 16.5. The molecule has 1 aliphatic heterocycles. The van der Waals surface area contributed by atoms with Crippen molar-refractivity contribution in [2.75, 3.05) is 6.61 Å². The lowest BCUT2D eigenvalue weighted by atomic mass is 9.79. The summed E-state index contributed by atoms with van der Waals surface area (Å²) in [6.45, 7) is 13.9. The van der Waals surface area contributed by atoms with Gasteiger partial charge in [-0.15, -0.1) is 0 Å². The molecule has 3 rings (SSSR count). The largest absolute Gasteiger partial charge is 0.493 e. The number of fused-ring (bicyclic) bond motifs is 2. The van der Waals surface area contributed by atoms with Gasteiger partial charge in [0.25, 0.3) is 0 Å². The van der Waals surface area contributed by atoms with Crippen molar-refractivity contribution in [3.63, 3.8) is 0 Å². The fourth-order valence-corrected chi connectivity index (χ4v) is 3.03. The summed E-state index contributed by atoms with van der Waals surface area (Å²) >= 11 is 0. The molecule has 0 amide bonds. The molecule has 106 valence electrons. The van der Waals surface area contributed by atoms with Crippen LogP contribution in [0.1, 0.15) is 70.6 Å². The molecule has 1 spiro atoms. The Hall–Kier alpha value is -0.980. The fraction of sp³-hybridized carbons (Fsp3) is 0.667. The highest BCUT2D eigenvalue weighted by Crippen LogP contribution is 2.57. The van der Waals surface area contributed by atoms with Crippen LogP contribution in [-0.4, -0.2) is 6.61 Å². The standard InChI is InChI=1S/C16H22O.C2H6/c1-11-9-12(15(2,3)4)14-13(10-11)16(5-6-16)7-8-17-14;1-2/h9-10H,5-8H2,1-4H3;1-2H3. The molecule has 1 heteroatoms. The van der Waals surface area contributed by atoms with Crippen LogP contribution in [0.25, 0.3) is 0 Å². The molecule has 1 aromatic rings. The predicted molar refractivity (Wildman–Crippen MR) is 82.3 cm³/mol. The van der Waals surface area contributed by atoms with Gasteiger partial charge in [0.05, 0.1) is 6.61 Å². The van der Waals surface area contributed by atoms with Crippen LogP contribution in [0.2, 0.25) is 0 Å². The lowest BCUT2D eigenvalue weighted by Crippen LogP contribution is -2.24. The van der Waals surface area contributed by atoms with E-state index < -0.39 is 0 Å². The van der Waals surface area contributed by atoms with E-state index >= 15 is 0 Å². The molecule has 0 bridgehead atoms. The zero-order valence-corrected chi connectivity index (χ0v) is 13.4. The number of hydrogen-bond donors (Lipinski definition) is 0. The van der Waals surface area contributed by atoms with Crippen molar-refractivity contribution < 1.29 is 4.74 Å². The van der Waals surface area contributed by atoms with Crippen molar-refractivity contribution in [2.45, 2.75) is 71.6 Å². The van der Waals surface area contributed by atoms with E-state index in [4.69, 9.17) is 4.74 Å². The van der Waals surface area contributed by atoms with Gasteiger partial charge >= 0.3 is 0 Å². The summed E-state index contributed by atoms with van der Waals surface area (Å²) in [5.74, 6) is 1.20. The van der Waals surface area contributed by atoms with Gasteiger partial charge in [-0.2, -0.15) is 0 Å². The average molecular weight is 260 g/mol. The quantitative estimate of drug-likeness (QED) is 0.628.